The first-order valence-electron chi connectivity index (χ1n) is 5.87. The van der Waals surface area contributed by atoms with Crippen LogP contribution in [-0.2, 0) is 0 Å². The van der Waals surface area contributed by atoms with Crippen molar-refractivity contribution in [2.45, 2.75) is 6.92 Å². The van der Waals surface area contributed by atoms with E-state index in [0.717, 1.165) is 5.56 Å². The number of nitrogens with zero attached hydrogens (tertiary/aromatic N) is 5. The number of nitrogens with one attached hydrogen (secondary N) is 1. The van der Waals surface area contributed by atoms with Crippen molar-refractivity contribution < 1.29 is 0 Å². The molecule has 0 bridgehead atoms. The molecule has 0 aliphatic rings. The van der Waals surface area contributed by atoms with E-state index in [2.05, 4.69) is 26.3 Å². The fourth-order valence-electron chi connectivity index (χ4n) is 1.64. The van der Waals surface area contributed by atoms with Crippen LogP contribution in [0.25, 0.3) is 0 Å². The molecule has 1 aromatic carbocycles. The third kappa shape index (κ3) is 2.95. The van der Waals surface area contributed by atoms with Crippen molar-refractivity contribution in [2.75, 3.05) is 24.3 Å². The van der Waals surface area contributed by atoms with Crippen molar-refractivity contribution in [3.8, 4) is 6.07 Å². The van der Waals surface area contributed by atoms with Crippen LogP contribution in [0.2, 0.25) is 5.28 Å². The number of hydrogen-bond donors (Lipinski definition) is 1. The van der Waals surface area contributed by atoms with Gasteiger partial charge in [-0.05, 0) is 30.2 Å². The molecule has 0 spiro atoms. The summed E-state index contributed by atoms with van der Waals surface area (Å²) in [5.41, 5.74) is 2.07. The van der Waals surface area contributed by atoms with Crippen molar-refractivity contribution in [1.82, 2.24) is 15.0 Å². The molecule has 1 heterocycles. The van der Waals surface area contributed by atoms with Gasteiger partial charge in [0.25, 0.3) is 0 Å². The van der Waals surface area contributed by atoms with Crippen molar-refractivity contribution in [3.63, 3.8) is 0 Å². The molecule has 0 radical (unpaired) electrons. The van der Waals surface area contributed by atoms with Crippen molar-refractivity contribution in [1.29, 1.82) is 5.26 Å². The zero-order valence-electron chi connectivity index (χ0n) is 11.3. The number of aromatic nitrogens is 3. The summed E-state index contributed by atoms with van der Waals surface area (Å²) in [6.45, 7) is 1.87. The van der Waals surface area contributed by atoms with E-state index < -0.39 is 0 Å². The third-order valence-electron chi connectivity index (χ3n) is 2.63. The van der Waals surface area contributed by atoms with Gasteiger partial charge in [-0.25, -0.2) is 0 Å². The van der Waals surface area contributed by atoms with E-state index in [4.69, 9.17) is 11.6 Å². The van der Waals surface area contributed by atoms with Crippen LogP contribution in [0.3, 0.4) is 0 Å². The Labute approximate surface area is 122 Å². The number of anilines is 3. The van der Waals surface area contributed by atoms with Gasteiger partial charge in [0, 0.05) is 14.1 Å². The van der Waals surface area contributed by atoms with Gasteiger partial charge < -0.3 is 10.2 Å². The van der Waals surface area contributed by atoms with E-state index in [1.165, 1.54) is 0 Å². The first-order chi connectivity index (χ1) is 9.51. The average molecular weight is 289 g/mol. The van der Waals surface area contributed by atoms with Crippen LogP contribution in [-0.4, -0.2) is 29.0 Å². The number of rotatable bonds is 3. The van der Waals surface area contributed by atoms with Crippen LogP contribution in [0.5, 0.6) is 0 Å². The van der Waals surface area contributed by atoms with Gasteiger partial charge in [0.1, 0.15) is 6.07 Å². The summed E-state index contributed by atoms with van der Waals surface area (Å²) < 4.78 is 0. The number of hydrogen-bond acceptors (Lipinski definition) is 6. The molecule has 0 fully saturated rings. The summed E-state index contributed by atoms with van der Waals surface area (Å²) in [6.07, 6.45) is 0. The van der Waals surface area contributed by atoms with Crippen molar-refractivity contribution in [3.05, 3.63) is 34.6 Å². The Hall–Kier alpha value is -2.39. The highest BCUT2D eigenvalue weighted by Gasteiger charge is 2.10. The fraction of sp³-hybridized carbons (Fsp3) is 0.231. The van der Waals surface area contributed by atoms with Gasteiger partial charge in [-0.15, -0.1) is 0 Å². The minimum Gasteiger partial charge on any atom is -0.347 e. The SMILES string of the molecule is Cc1cccc(Nc2nc(Cl)nc(N(C)C)n2)c1C#N. The van der Waals surface area contributed by atoms with E-state index in [0.29, 0.717) is 23.1 Å². The first kappa shape index (κ1) is 14.0. The molecular weight excluding hydrogens is 276 g/mol. The molecule has 2 rings (SSSR count). The second-order valence-electron chi connectivity index (χ2n) is 4.36. The maximum absolute atomic E-state index is 9.20. The van der Waals surface area contributed by atoms with Crippen molar-refractivity contribution in [2.24, 2.45) is 0 Å². The van der Waals surface area contributed by atoms with Crippen LogP contribution in [0.15, 0.2) is 18.2 Å². The lowest BCUT2D eigenvalue weighted by Crippen LogP contribution is -2.14. The molecule has 20 heavy (non-hydrogen) atoms. The van der Waals surface area contributed by atoms with Gasteiger partial charge in [-0.3, -0.25) is 0 Å². The Balaban J connectivity index is 2.41. The summed E-state index contributed by atoms with van der Waals surface area (Å²) in [4.78, 5) is 14.0. The lowest BCUT2D eigenvalue weighted by Gasteiger charge is -2.12. The van der Waals surface area contributed by atoms with Gasteiger partial charge in [0.2, 0.25) is 17.2 Å². The molecule has 0 amide bonds. The monoisotopic (exact) mass is 288 g/mol. The number of aryl methyl sites for hydroxylation is 1. The second-order valence-corrected chi connectivity index (χ2v) is 4.69. The molecule has 0 saturated carbocycles. The zero-order chi connectivity index (χ0) is 14.7. The van der Waals surface area contributed by atoms with Crippen LogP contribution in [0, 0.1) is 18.3 Å². The molecular formula is C13H13ClN6. The van der Waals surface area contributed by atoms with Crippen LogP contribution < -0.4 is 10.2 Å². The lowest BCUT2D eigenvalue weighted by atomic mass is 10.1. The lowest BCUT2D eigenvalue weighted by molar-refractivity contribution is 0.961. The predicted molar refractivity (Wildman–Crippen MR) is 78.3 cm³/mol. The topological polar surface area (TPSA) is 77.7 Å². The third-order valence-corrected chi connectivity index (χ3v) is 2.80. The Bertz CT molecular complexity index is 677. The molecule has 0 atom stereocenters. The first-order valence-corrected chi connectivity index (χ1v) is 6.24. The average Bonchev–Trinajstić information content (AvgIpc) is 2.38. The highest BCUT2D eigenvalue weighted by molar-refractivity contribution is 6.28. The number of benzene rings is 1. The summed E-state index contributed by atoms with van der Waals surface area (Å²) >= 11 is 5.87. The molecule has 1 aromatic heterocycles. The van der Waals surface area contributed by atoms with Gasteiger partial charge in [-0.2, -0.15) is 20.2 Å². The van der Waals surface area contributed by atoms with Crippen LogP contribution in [0.4, 0.5) is 17.6 Å². The molecule has 1 N–H and O–H groups in total. The minimum absolute atomic E-state index is 0.0948. The van der Waals surface area contributed by atoms with Gasteiger partial charge in [0.15, 0.2) is 0 Å². The van der Waals surface area contributed by atoms with E-state index in [9.17, 15) is 5.26 Å². The second kappa shape index (κ2) is 5.72. The molecule has 102 valence electrons. The fourth-order valence-corrected chi connectivity index (χ4v) is 1.79. The summed E-state index contributed by atoms with van der Waals surface area (Å²) in [6, 6.07) is 7.67. The molecule has 0 saturated heterocycles. The summed E-state index contributed by atoms with van der Waals surface area (Å²) in [7, 11) is 3.62. The molecule has 7 heteroatoms. The Morgan fingerprint density at radius 3 is 2.65 bits per heavy atom. The molecule has 0 unspecified atom stereocenters. The minimum atomic E-state index is 0.0948. The van der Waals surface area contributed by atoms with E-state index in [-0.39, 0.29) is 5.28 Å². The Morgan fingerprint density at radius 1 is 1.25 bits per heavy atom. The van der Waals surface area contributed by atoms with Crippen LogP contribution >= 0.6 is 11.6 Å². The van der Waals surface area contributed by atoms with Gasteiger partial charge in [-0.1, -0.05) is 12.1 Å². The van der Waals surface area contributed by atoms with Crippen molar-refractivity contribution >= 4 is 29.2 Å². The Morgan fingerprint density at radius 2 is 2.00 bits per heavy atom. The normalized spacial score (nSPS) is 9.95. The number of nitriles is 1. The maximum atomic E-state index is 9.20. The molecule has 6 nitrogen and oxygen atoms in total. The largest absolute Gasteiger partial charge is 0.347 e. The Kier molecular flexibility index (Phi) is 4.01. The van der Waals surface area contributed by atoms with E-state index >= 15 is 0 Å². The van der Waals surface area contributed by atoms with E-state index in [1.807, 2.05) is 33.2 Å². The molecule has 0 aliphatic heterocycles. The number of halogens is 1. The predicted octanol–water partition coefficient (Wildman–Crippen LogP) is 2.51. The highest BCUT2D eigenvalue weighted by atomic mass is 35.5. The van der Waals surface area contributed by atoms with E-state index in [1.54, 1.807) is 11.0 Å². The summed E-state index contributed by atoms with van der Waals surface area (Å²) in [5, 5.41) is 12.3. The van der Waals surface area contributed by atoms with Crippen LogP contribution in [0.1, 0.15) is 11.1 Å². The standard InChI is InChI=1S/C13H13ClN6/c1-8-5-4-6-10(9(8)7-15)16-12-17-11(14)18-13(19-12)20(2)3/h4-6H,1-3H3,(H,16,17,18,19). The van der Waals surface area contributed by atoms with Gasteiger partial charge in [0.05, 0.1) is 11.3 Å². The molecule has 0 aliphatic carbocycles. The van der Waals surface area contributed by atoms with Gasteiger partial charge >= 0.3 is 0 Å². The smallest absolute Gasteiger partial charge is 0.233 e. The quantitative estimate of drug-likeness (QED) is 0.935. The molecule has 2 aromatic rings. The zero-order valence-corrected chi connectivity index (χ0v) is 12.1. The summed E-state index contributed by atoms with van der Waals surface area (Å²) in [5.74, 6) is 0.745. The maximum Gasteiger partial charge on any atom is 0.233 e. The highest BCUT2D eigenvalue weighted by Crippen LogP contribution is 2.22.